The van der Waals surface area contributed by atoms with E-state index in [2.05, 4.69) is 4.72 Å². The Bertz CT molecular complexity index is 781. The third-order valence-corrected chi connectivity index (χ3v) is 4.70. The summed E-state index contributed by atoms with van der Waals surface area (Å²) in [7, 11) is -3.89. The molecule has 0 saturated carbocycles. The van der Waals surface area contributed by atoms with Crippen molar-refractivity contribution in [1.82, 2.24) is 0 Å². The Hall–Kier alpha value is -1.34. The van der Waals surface area contributed by atoms with Crippen molar-refractivity contribution < 1.29 is 17.9 Å². The van der Waals surface area contributed by atoms with Crippen molar-refractivity contribution in [2.45, 2.75) is 11.5 Å². The number of anilines is 1. The number of aliphatic hydroxyl groups is 1. The van der Waals surface area contributed by atoms with Gasteiger partial charge in [0.25, 0.3) is 10.0 Å². The lowest BCUT2D eigenvalue weighted by molar-refractivity contribution is 0.282. The van der Waals surface area contributed by atoms with Crippen molar-refractivity contribution in [2.24, 2.45) is 0 Å². The van der Waals surface area contributed by atoms with E-state index in [-0.39, 0.29) is 27.2 Å². The van der Waals surface area contributed by atoms with Crippen LogP contribution in [0.4, 0.5) is 10.1 Å². The van der Waals surface area contributed by atoms with Crippen LogP contribution in [0.1, 0.15) is 5.56 Å². The van der Waals surface area contributed by atoms with E-state index in [4.69, 9.17) is 28.3 Å². The number of nitrogens with one attached hydrogen (secondary N) is 1. The van der Waals surface area contributed by atoms with Gasteiger partial charge >= 0.3 is 0 Å². The van der Waals surface area contributed by atoms with E-state index in [1.807, 2.05) is 0 Å². The minimum Gasteiger partial charge on any atom is -0.392 e. The highest BCUT2D eigenvalue weighted by Gasteiger charge is 2.16. The molecule has 8 heteroatoms. The van der Waals surface area contributed by atoms with Crippen LogP contribution in [0.3, 0.4) is 0 Å². The SMILES string of the molecule is O=S(=O)(Nc1ccc(F)c(Cl)c1)c1ccc(CO)c(Cl)c1. The van der Waals surface area contributed by atoms with Gasteiger partial charge in [0, 0.05) is 5.02 Å². The van der Waals surface area contributed by atoms with E-state index in [0.717, 1.165) is 12.1 Å². The summed E-state index contributed by atoms with van der Waals surface area (Å²) in [5.74, 6) is -0.644. The summed E-state index contributed by atoms with van der Waals surface area (Å²) in [6.07, 6.45) is 0. The van der Waals surface area contributed by atoms with Gasteiger partial charge in [-0.1, -0.05) is 29.3 Å². The monoisotopic (exact) mass is 349 g/mol. The topological polar surface area (TPSA) is 66.4 Å². The van der Waals surface area contributed by atoms with Gasteiger partial charge in [0.2, 0.25) is 0 Å². The summed E-state index contributed by atoms with van der Waals surface area (Å²) in [4.78, 5) is -0.0786. The molecular weight excluding hydrogens is 340 g/mol. The molecule has 2 N–H and O–H groups in total. The summed E-state index contributed by atoms with van der Waals surface area (Å²) in [6, 6.07) is 7.42. The lowest BCUT2D eigenvalue weighted by atomic mass is 10.2. The van der Waals surface area contributed by atoms with Gasteiger partial charge in [-0.15, -0.1) is 0 Å². The Kier molecular flexibility index (Phi) is 4.73. The normalized spacial score (nSPS) is 11.4. The van der Waals surface area contributed by atoms with Gasteiger partial charge in [-0.3, -0.25) is 4.72 Å². The van der Waals surface area contributed by atoms with Gasteiger partial charge in [0.05, 0.1) is 22.2 Å². The minimum atomic E-state index is -3.89. The molecule has 112 valence electrons. The van der Waals surface area contributed by atoms with Crippen molar-refractivity contribution in [1.29, 1.82) is 0 Å². The fourth-order valence-corrected chi connectivity index (χ4v) is 3.16. The molecule has 0 spiro atoms. The molecule has 2 aromatic rings. The second-order valence-corrected chi connectivity index (χ2v) is 6.64. The molecule has 2 aromatic carbocycles. The highest BCUT2D eigenvalue weighted by Crippen LogP contribution is 2.25. The minimum absolute atomic E-state index is 0.0786. The number of benzene rings is 2. The number of rotatable bonds is 4. The summed E-state index contributed by atoms with van der Waals surface area (Å²) in [6.45, 7) is -0.292. The van der Waals surface area contributed by atoms with Crippen LogP contribution in [0.15, 0.2) is 41.3 Å². The average Bonchev–Trinajstić information content (AvgIpc) is 2.42. The molecule has 0 fully saturated rings. The van der Waals surface area contributed by atoms with Crippen molar-refractivity contribution in [2.75, 3.05) is 4.72 Å². The Morgan fingerprint density at radius 3 is 2.38 bits per heavy atom. The zero-order chi connectivity index (χ0) is 15.6. The molecule has 0 amide bonds. The fourth-order valence-electron chi connectivity index (χ4n) is 1.60. The van der Waals surface area contributed by atoms with E-state index < -0.39 is 15.8 Å². The number of hydrogen-bond acceptors (Lipinski definition) is 3. The predicted molar refractivity (Wildman–Crippen MR) is 79.6 cm³/mol. The van der Waals surface area contributed by atoms with Crippen LogP contribution in [-0.4, -0.2) is 13.5 Å². The maximum atomic E-state index is 13.0. The molecule has 4 nitrogen and oxygen atoms in total. The molecule has 0 aromatic heterocycles. The summed E-state index contributed by atoms with van der Waals surface area (Å²) >= 11 is 11.5. The highest BCUT2D eigenvalue weighted by molar-refractivity contribution is 7.92. The van der Waals surface area contributed by atoms with Gasteiger partial charge in [-0.25, -0.2) is 12.8 Å². The van der Waals surface area contributed by atoms with Crippen LogP contribution in [0.25, 0.3) is 0 Å². The Morgan fingerprint density at radius 2 is 1.81 bits per heavy atom. The van der Waals surface area contributed by atoms with E-state index in [1.54, 1.807) is 0 Å². The average molecular weight is 350 g/mol. The van der Waals surface area contributed by atoms with Crippen molar-refractivity contribution in [3.8, 4) is 0 Å². The lowest BCUT2D eigenvalue weighted by Crippen LogP contribution is -2.13. The van der Waals surface area contributed by atoms with E-state index >= 15 is 0 Å². The molecule has 0 aliphatic carbocycles. The Morgan fingerprint density at radius 1 is 1.10 bits per heavy atom. The van der Waals surface area contributed by atoms with E-state index in [9.17, 15) is 12.8 Å². The molecule has 0 aliphatic heterocycles. The smallest absolute Gasteiger partial charge is 0.261 e. The van der Waals surface area contributed by atoms with Crippen molar-refractivity contribution in [3.63, 3.8) is 0 Å². The summed E-state index contributed by atoms with van der Waals surface area (Å²) < 4.78 is 39.7. The molecule has 0 heterocycles. The first-order valence-electron chi connectivity index (χ1n) is 5.70. The summed E-state index contributed by atoms with van der Waals surface area (Å²) in [5, 5.41) is 8.95. The first kappa shape index (κ1) is 16.0. The van der Waals surface area contributed by atoms with Crippen molar-refractivity contribution >= 4 is 38.9 Å². The highest BCUT2D eigenvalue weighted by atomic mass is 35.5. The van der Waals surface area contributed by atoms with E-state index in [1.165, 1.54) is 24.3 Å². The first-order valence-corrected chi connectivity index (χ1v) is 7.94. The quantitative estimate of drug-likeness (QED) is 0.888. The Balaban J connectivity index is 2.33. The van der Waals surface area contributed by atoms with Crippen LogP contribution in [-0.2, 0) is 16.6 Å². The van der Waals surface area contributed by atoms with Gasteiger partial charge in [-0.05, 0) is 35.9 Å². The number of aliphatic hydroxyl groups excluding tert-OH is 1. The van der Waals surface area contributed by atoms with E-state index in [0.29, 0.717) is 5.56 Å². The van der Waals surface area contributed by atoms with Crippen LogP contribution in [0.5, 0.6) is 0 Å². The third-order valence-electron chi connectivity index (χ3n) is 2.68. The second-order valence-electron chi connectivity index (χ2n) is 4.15. The third kappa shape index (κ3) is 3.65. The molecule has 21 heavy (non-hydrogen) atoms. The molecule has 0 bridgehead atoms. The Labute approximate surface area is 131 Å². The molecule has 0 aliphatic rings. The maximum absolute atomic E-state index is 13.0. The van der Waals surface area contributed by atoms with Gasteiger partial charge in [-0.2, -0.15) is 0 Å². The van der Waals surface area contributed by atoms with Crippen LogP contribution < -0.4 is 4.72 Å². The molecule has 2 rings (SSSR count). The fraction of sp³-hybridized carbons (Fsp3) is 0.0769. The number of halogens is 3. The van der Waals surface area contributed by atoms with Crippen LogP contribution in [0, 0.1) is 5.82 Å². The van der Waals surface area contributed by atoms with Crippen LogP contribution in [0.2, 0.25) is 10.0 Å². The van der Waals surface area contributed by atoms with Gasteiger partial charge < -0.3 is 5.11 Å². The molecule has 0 unspecified atom stereocenters. The lowest BCUT2D eigenvalue weighted by Gasteiger charge is -2.10. The number of sulfonamides is 1. The number of hydrogen-bond donors (Lipinski definition) is 2. The van der Waals surface area contributed by atoms with Crippen molar-refractivity contribution in [3.05, 3.63) is 57.8 Å². The maximum Gasteiger partial charge on any atom is 0.261 e. The molecular formula is C13H10Cl2FNO3S. The first-order chi connectivity index (χ1) is 9.83. The second kappa shape index (κ2) is 6.19. The predicted octanol–water partition coefficient (Wildman–Crippen LogP) is 3.43. The molecule has 0 saturated heterocycles. The van der Waals surface area contributed by atoms with Crippen LogP contribution >= 0.6 is 23.2 Å². The summed E-state index contributed by atoms with van der Waals surface area (Å²) in [5.41, 5.74) is 0.546. The zero-order valence-corrected chi connectivity index (χ0v) is 12.8. The van der Waals surface area contributed by atoms with Gasteiger partial charge in [0.15, 0.2) is 0 Å². The standard InChI is InChI=1S/C13H10Cl2FNO3S/c14-11-6-10(3-1-8(11)7-18)21(19,20)17-9-2-4-13(16)12(15)5-9/h1-6,17-18H,7H2. The zero-order valence-electron chi connectivity index (χ0n) is 10.5. The largest absolute Gasteiger partial charge is 0.392 e. The molecule has 0 atom stereocenters. The van der Waals surface area contributed by atoms with Gasteiger partial charge in [0.1, 0.15) is 5.82 Å². The molecule has 0 radical (unpaired) electrons.